The second-order valence-corrected chi connectivity index (χ2v) is 4.49. The van der Waals surface area contributed by atoms with Crippen LogP contribution in [0.4, 0.5) is 4.39 Å². The first-order chi connectivity index (χ1) is 8.04. The standard InChI is InChI=1S/C12H8BrFO3/c1-17-10-5-6(13)4-7(14)11(10)12-8(15)2-3-9(12)16/h2-5,12H,1H3. The summed E-state index contributed by atoms with van der Waals surface area (Å²) < 4.78 is 19.4. The third kappa shape index (κ3) is 2.02. The molecule has 0 N–H and O–H groups in total. The van der Waals surface area contributed by atoms with Crippen LogP contribution in [0, 0.1) is 5.82 Å². The van der Waals surface area contributed by atoms with Gasteiger partial charge in [-0.1, -0.05) is 15.9 Å². The quantitative estimate of drug-likeness (QED) is 0.788. The molecule has 0 spiro atoms. The van der Waals surface area contributed by atoms with Gasteiger partial charge in [0.1, 0.15) is 17.5 Å². The van der Waals surface area contributed by atoms with Gasteiger partial charge in [-0.25, -0.2) is 4.39 Å². The Kier molecular flexibility index (Phi) is 3.11. The van der Waals surface area contributed by atoms with Crippen molar-refractivity contribution >= 4 is 27.5 Å². The first-order valence-electron chi connectivity index (χ1n) is 4.83. The van der Waals surface area contributed by atoms with E-state index in [1.54, 1.807) is 0 Å². The number of halogens is 2. The molecule has 3 nitrogen and oxygen atoms in total. The maximum Gasteiger partial charge on any atom is 0.171 e. The Hall–Kier alpha value is -1.49. The van der Waals surface area contributed by atoms with E-state index in [-0.39, 0.29) is 11.3 Å². The van der Waals surface area contributed by atoms with E-state index in [4.69, 9.17) is 4.74 Å². The molecule has 88 valence electrons. The number of hydrogen-bond donors (Lipinski definition) is 0. The van der Waals surface area contributed by atoms with Crippen LogP contribution in [0.5, 0.6) is 5.75 Å². The van der Waals surface area contributed by atoms with Gasteiger partial charge < -0.3 is 4.74 Å². The van der Waals surface area contributed by atoms with E-state index in [9.17, 15) is 14.0 Å². The van der Waals surface area contributed by atoms with E-state index in [1.807, 2.05) is 0 Å². The highest BCUT2D eigenvalue weighted by molar-refractivity contribution is 9.10. The average Bonchev–Trinajstić information content (AvgIpc) is 2.59. The Bertz CT molecular complexity index is 519. The van der Waals surface area contributed by atoms with Crippen LogP contribution in [0.1, 0.15) is 11.5 Å². The molecule has 2 rings (SSSR count). The predicted molar refractivity (Wildman–Crippen MR) is 62.5 cm³/mol. The van der Waals surface area contributed by atoms with Crippen molar-refractivity contribution in [1.29, 1.82) is 0 Å². The summed E-state index contributed by atoms with van der Waals surface area (Å²) in [7, 11) is 1.36. The highest BCUT2D eigenvalue weighted by atomic mass is 79.9. The van der Waals surface area contributed by atoms with Crippen molar-refractivity contribution < 1.29 is 18.7 Å². The highest BCUT2D eigenvalue weighted by Gasteiger charge is 2.34. The summed E-state index contributed by atoms with van der Waals surface area (Å²) >= 11 is 3.12. The summed E-state index contributed by atoms with van der Waals surface area (Å²) in [5.41, 5.74) is -0.00398. The number of rotatable bonds is 2. The SMILES string of the molecule is COc1cc(Br)cc(F)c1C1C(=O)C=CC1=O. The van der Waals surface area contributed by atoms with E-state index < -0.39 is 23.3 Å². The van der Waals surface area contributed by atoms with Crippen molar-refractivity contribution in [3.05, 3.63) is 40.1 Å². The second-order valence-electron chi connectivity index (χ2n) is 3.57. The molecule has 0 fully saturated rings. The molecule has 1 aromatic carbocycles. The second kappa shape index (κ2) is 4.41. The molecule has 0 unspecified atom stereocenters. The van der Waals surface area contributed by atoms with Crippen molar-refractivity contribution in [1.82, 2.24) is 0 Å². The maximum absolute atomic E-state index is 13.9. The fraction of sp³-hybridized carbons (Fsp3) is 0.167. The zero-order valence-corrected chi connectivity index (χ0v) is 10.5. The molecule has 0 aromatic heterocycles. The van der Waals surface area contributed by atoms with E-state index >= 15 is 0 Å². The fourth-order valence-corrected chi connectivity index (χ4v) is 2.20. The highest BCUT2D eigenvalue weighted by Crippen LogP contribution is 2.35. The summed E-state index contributed by atoms with van der Waals surface area (Å²) in [6.07, 6.45) is 2.32. The lowest BCUT2D eigenvalue weighted by atomic mass is 9.93. The van der Waals surface area contributed by atoms with Gasteiger partial charge in [0.2, 0.25) is 0 Å². The minimum atomic E-state index is -1.11. The van der Waals surface area contributed by atoms with Gasteiger partial charge in [0, 0.05) is 10.0 Å². The fourth-order valence-electron chi connectivity index (χ4n) is 1.79. The van der Waals surface area contributed by atoms with Gasteiger partial charge in [0.05, 0.1) is 7.11 Å². The Balaban J connectivity index is 2.59. The number of ketones is 2. The number of methoxy groups -OCH3 is 1. The van der Waals surface area contributed by atoms with E-state index in [2.05, 4.69) is 15.9 Å². The number of carbonyl (C=O) groups excluding carboxylic acids is 2. The van der Waals surface area contributed by atoms with Gasteiger partial charge in [0.15, 0.2) is 11.6 Å². The molecule has 0 saturated carbocycles. The summed E-state index contributed by atoms with van der Waals surface area (Å²) in [4.78, 5) is 23.1. The monoisotopic (exact) mass is 298 g/mol. The van der Waals surface area contributed by atoms with Crippen molar-refractivity contribution in [3.8, 4) is 5.75 Å². The molecule has 1 aromatic rings. The van der Waals surface area contributed by atoms with Crippen molar-refractivity contribution in [3.63, 3.8) is 0 Å². The molecular weight excluding hydrogens is 291 g/mol. The number of hydrogen-bond acceptors (Lipinski definition) is 3. The van der Waals surface area contributed by atoms with Crippen LogP contribution in [0.3, 0.4) is 0 Å². The molecule has 17 heavy (non-hydrogen) atoms. The topological polar surface area (TPSA) is 43.4 Å². The van der Waals surface area contributed by atoms with Gasteiger partial charge in [-0.05, 0) is 24.3 Å². The van der Waals surface area contributed by atoms with Crippen molar-refractivity contribution in [2.75, 3.05) is 7.11 Å². The third-order valence-electron chi connectivity index (χ3n) is 2.55. The van der Waals surface area contributed by atoms with Crippen LogP contribution in [-0.2, 0) is 9.59 Å². The van der Waals surface area contributed by atoms with Gasteiger partial charge in [0.25, 0.3) is 0 Å². The Labute approximate surface area is 105 Å². The molecule has 0 radical (unpaired) electrons. The smallest absolute Gasteiger partial charge is 0.171 e. The minimum Gasteiger partial charge on any atom is -0.496 e. The molecule has 5 heteroatoms. The Morgan fingerprint density at radius 1 is 1.24 bits per heavy atom. The van der Waals surface area contributed by atoms with Crippen molar-refractivity contribution in [2.24, 2.45) is 0 Å². The first kappa shape index (κ1) is 12.0. The van der Waals surface area contributed by atoms with Gasteiger partial charge >= 0.3 is 0 Å². The van der Waals surface area contributed by atoms with Gasteiger partial charge in [-0.15, -0.1) is 0 Å². The number of allylic oxidation sites excluding steroid dienone is 2. The largest absolute Gasteiger partial charge is 0.496 e. The van der Waals surface area contributed by atoms with Crippen molar-refractivity contribution in [2.45, 2.75) is 5.92 Å². The maximum atomic E-state index is 13.9. The lowest BCUT2D eigenvalue weighted by Gasteiger charge is -2.14. The van der Waals surface area contributed by atoms with Crippen LogP contribution in [0.25, 0.3) is 0 Å². The van der Waals surface area contributed by atoms with Crippen LogP contribution in [-0.4, -0.2) is 18.7 Å². The Morgan fingerprint density at radius 2 is 1.82 bits per heavy atom. The number of carbonyl (C=O) groups is 2. The minimum absolute atomic E-state index is 0.00398. The predicted octanol–water partition coefficient (Wildman–Crippen LogP) is 2.39. The zero-order valence-electron chi connectivity index (χ0n) is 8.87. The molecular formula is C12H8BrFO3. The molecule has 0 aliphatic heterocycles. The summed E-state index contributed by atoms with van der Waals surface area (Å²) in [6.45, 7) is 0. The van der Waals surface area contributed by atoms with Gasteiger partial charge in [-0.2, -0.15) is 0 Å². The van der Waals surface area contributed by atoms with Gasteiger partial charge in [-0.3, -0.25) is 9.59 Å². The summed E-state index contributed by atoms with van der Waals surface area (Å²) in [6, 6.07) is 2.73. The molecule has 0 atom stereocenters. The molecule has 0 amide bonds. The Morgan fingerprint density at radius 3 is 2.35 bits per heavy atom. The van der Waals surface area contributed by atoms with Crippen LogP contribution in [0.2, 0.25) is 0 Å². The molecule has 0 bridgehead atoms. The lowest BCUT2D eigenvalue weighted by molar-refractivity contribution is -0.122. The average molecular weight is 299 g/mol. The summed E-state index contributed by atoms with van der Waals surface area (Å²) in [5, 5.41) is 0. The number of ether oxygens (including phenoxy) is 1. The lowest BCUT2D eigenvalue weighted by Crippen LogP contribution is -2.16. The molecule has 0 heterocycles. The van der Waals surface area contributed by atoms with E-state index in [0.717, 1.165) is 12.2 Å². The normalized spacial score (nSPS) is 15.7. The number of benzene rings is 1. The third-order valence-corrected chi connectivity index (χ3v) is 3.00. The van der Waals surface area contributed by atoms with Crippen LogP contribution >= 0.6 is 15.9 Å². The first-order valence-corrected chi connectivity index (χ1v) is 5.62. The summed E-state index contributed by atoms with van der Waals surface area (Å²) in [5.74, 6) is -2.40. The zero-order chi connectivity index (χ0) is 12.6. The molecule has 0 saturated heterocycles. The van der Waals surface area contributed by atoms with E-state index in [1.165, 1.54) is 19.2 Å². The van der Waals surface area contributed by atoms with E-state index in [0.29, 0.717) is 4.47 Å². The molecule has 1 aliphatic rings. The van der Waals surface area contributed by atoms with Crippen LogP contribution < -0.4 is 4.74 Å². The van der Waals surface area contributed by atoms with Crippen LogP contribution in [0.15, 0.2) is 28.8 Å². The molecule has 1 aliphatic carbocycles.